The van der Waals surface area contributed by atoms with E-state index in [0.717, 1.165) is 35.7 Å². The molecule has 1 saturated carbocycles. The van der Waals surface area contributed by atoms with Gasteiger partial charge in [-0.2, -0.15) is 4.98 Å². The van der Waals surface area contributed by atoms with Crippen molar-refractivity contribution in [3.05, 3.63) is 29.6 Å². The third kappa shape index (κ3) is 4.16. The van der Waals surface area contributed by atoms with Gasteiger partial charge in [-0.1, -0.05) is 18.1 Å². The van der Waals surface area contributed by atoms with Crippen molar-refractivity contribution in [1.82, 2.24) is 15.5 Å². The lowest BCUT2D eigenvalue weighted by molar-refractivity contribution is -0.115. The number of aryl methyl sites for hydroxylation is 2. The number of benzene rings is 1. The zero-order chi connectivity index (χ0) is 16.2. The first-order chi connectivity index (χ1) is 11.2. The predicted molar refractivity (Wildman–Crippen MR) is 88.1 cm³/mol. The maximum Gasteiger partial charge on any atom is 0.257 e. The maximum atomic E-state index is 12.0. The molecule has 1 fully saturated rings. The summed E-state index contributed by atoms with van der Waals surface area (Å²) < 4.78 is 5.25. The highest BCUT2D eigenvalue weighted by Gasteiger charge is 2.20. The van der Waals surface area contributed by atoms with Crippen LogP contribution in [-0.2, 0) is 11.2 Å². The van der Waals surface area contributed by atoms with Crippen molar-refractivity contribution in [2.75, 3.05) is 18.4 Å². The van der Waals surface area contributed by atoms with Crippen LogP contribution in [0.2, 0.25) is 0 Å². The SMILES string of the molecule is CCc1noc(-c2ccc(C)c(NC(=O)CNCC3CC3)c2)n1. The average molecular weight is 314 g/mol. The number of nitrogens with zero attached hydrogens (tertiary/aromatic N) is 2. The molecule has 0 spiro atoms. The number of rotatable bonds is 7. The predicted octanol–water partition coefficient (Wildman–Crippen LogP) is 2.55. The molecule has 6 nitrogen and oxygen atoms in total. The standard InChI is InChI=1S/C17H22N4O2/c1-3-15-20-17(23-21-15)13-7-4-11(2)14(8-13)19-16(22)10-18-9-12-5-6-12/h4,7-8,12,18H,3,5-6,9-10H2,1-2H3,(H,19,22). The van der Waals surface area contributed by atoms with E-state index in [1.54, 1.807) is 0 Å². The van der Waals surface area contributed by atoms with Crippen molar-refractivity contribution in [3.8, 4) is 11.5 Å². The van der Waals surface area contributed by atoms with Crippen LogP contribution in [0.15, 0.2) is 22.7 Å². The van der Waals surface area contributed by atoms with E-state index in [4.69, 9.17) is 4.52 Å². The molecule has 1 aromatic carbocycles. The van der Waals surface area contributed by atoms with Gasteiger partial charge in [0.05, 0.1) is 6.54 Å². The number of carbonyl (C=O) groups excluding carboxylic acids is 1. The third-order valence-electron chi connectivity index (χ3n) is 3.96. The van der Waals surface area contributed by atoms with Gasteiger partial charge in [-0.15, -0.1) is 0 Å². The monoisotopic (exact) mass is 314 g/mol. The minimum atomic E-state index is -0.0364. The van der Waals surface area contributed by atoms with E-state index < -0.39 is 0 Å². The second kappa shape index (κ2) is 6.91. The van der Waals surface area contributed by atoms with Crippen LogP contribution in [0.25, 0.3) is 11.5 Å². The number of nitrogens with one attached hydrogen (secondary N) is 2. The summed E-state index contributed by atoms with van der Waals surface area (Å²) in [5, 5.41) is 10.0. The van der Waals surface area contributed by atoms with Gasteiger partial charge in [0.1, 0.15) is 0 Å². The van der Waals surface area contributed by atoms with Crippen LogP contribution >= 0.6 is 0 Å². The molecule has 1 amide bonds. The lowest BCUT2D eigenvalue weighted by atomic mass is 10.1. The largest absolute Gasteiger partial charge is 0.334 e. The number of hydrogen-bond acceptors (Lipinski definition) is 5. The number of hydrogen-bond donors (Lipinski definition) is 2. The normalized spacial score (nSPS) is 14.0. The van der Waals surface area contributed by atoms with Gasteiger partial charge in [-0.05, 0) is 49.9 Å². The Bertz CT molecular complexity index is 692. The van der Waals surface area contributed by atoms with E-state index in [1.807, 2.05) is 32.0 Å². The summed E-state index contributed by atoms with van der Waals surface area (Å²) in [6.45, 7) is 5.20. The average Bonchev–Trinajstić information content (AvgIpc) is 3.24. The Morgan fingerprint density at radius 2 is 2.22 bits per heavy atom. The van der Waals surface area contributed by atoms with E-state index in [0.29, 0.717) is 18.3 Å². The Labute approximate surface area is 135 Å². The van der Waals surface area contributed by atoms with Crippen LogP contribution in [0.1, 0.15) is 31.2 Å². The van der Waals surface area contributed by atoms with Gasteiger partial charge in [0.2, 0.25) is 5.91 Å². The highest BCUT2D eigenvalue weighted by Crippen LogP contribution is 2.27. The molecule has 1 aliphatic rings. The molecular formula is C17H22N4O2. The molecular weight excluding hydrogens is 292 g/mol. The smallest absolute Gasteiger partial charge is 0.257 e. The summed E-state index contributed by atoms with van der Waals surface area (Å²) in [5.74, 6) is 1.88. The molecule has 0 unspecified atom stereocenters. The Kier molecular flexibility index (Phi) is 4.71. The van der Waals surface area contributed by atoms with Crippen molar-refractivity contribution in [1.29, 1.82) is 0 Å². The van der Waals surface area contributed by atoms with Gasteiger partial charge in [0.15, 0.2) is 5.82 Å². The molecule has 0 aliphatic heterocycles. The first-order valence-corrected chi connectivity index (χ1v) is 8.10. The van der Waals surface area contributed by atoms with Crippen LogP contribution < -0.4 is 10.6 Å². The molecule has 23 heavy (non-hydrogen) atoms. The van der Waals surface area contributed by atoms with Crippen molar-refractivity contribution >= 4 is 11.6 Å². The number of anilines is 1. The first-order valence-electron chi connectivity index (χ1n) is 8.10. The van der Waals surface area contributed by atoms with Crippen LogP contribution in [0.5, 0.6) is 0 Å². The van der Waals surface area contributed by atoms with E-state index in [1.165, 1.54) is 12.8 Å². The lowest BCUT2D eigenvalue weighted by Gasteiger charge is -2.10. The van der Waals surface area contributed by atoms with Crippen LogP contribution in [0, 0.1) is 12.8 Å². The fourth-order valence-electron chi connectivity index (χ4n) is 2.31. The number of aromatic nitrogens is 2. The summed E-state index contributed by atoms with van der Waals surface area (Å²) in [6.07, 6.45) is 3.28. The zero-order valence-electron chi connectivity index (χ0n) is 13.6. The van der Waals surface area contributed by atoms with Crippen molar-refractivity contribution in [2.45, 2.75) is 33.1 Å². The van der Waals surface area contributed by atoms with E-state index in [9.17, 15) is 4.79 Å². The maximum absolute atomic E-state index is 12.0. The second-order valence-corrected chi connectivity index (χ2v) is 6.02. The van der Waals surface area contributed by atoms with Crippen LogP contribution in [-0.4, -0.2) is 29.1 Å². The third-order valence-corrected chi connectivity index (χ3v) is 3.96. The second-order valence-electron chi connectivity index (χ2n) is 6.02. The number of carbonyl (C=O) groups is 1. The Morgan fingerprint density at radius 3 is 2.91 bits per heavy atom. The van der Waals surface area contributed by atoms with Crippen LogP contribution in [0.4, 0.5) is 5.69 Å². The molecule has 0 radical (unpaired) electrons. The van der Waals surface area contributed by atoms with Gasteiger partial charge in [0, 0.05) is 17.7 Å². The van der Waals surface area contributed by atoms with Crippen molar-refractivity contribution in [2.24, 2.45) is 5.92 Å². The molecule has 1 heterocycles. The minimum absolute atomic E-state index is 0.0364. The fourth-order valence-corrected chi connectivity index (χ4v) is 2.31. The van der Waals surface area contributed by atoms with Gasteiger partial charge < -0.3 is 15.2 Å². The summed E-state index contributed by atoms with van der Waals surface area (Å²) in [4.78, 5) is 16.4. The highest BCUT2D eigenvalue weighted by molar-refractivity contribution is 5.93. The summed E-state index contributed by atoms with van der Waals surface area (Å²) in [5.41, 5.74) is 2.58. The molecule has 6 heteroatoms. The summed E-state index contributed by atoms with van der Waals surface area (Å²) >= 11 is 0. The first kappa shape index (κ1) is 15.7. The Hall–Kier alpha value is -2.21. The van der Waals surface area contributed by atoms with Crippen LogP contribution in [0.3, 0.4) is 0 Å². The Balaban J connectivity index is 1.65. The van der Waals surface area contributed by atoms with Gasteiger partial charge >= 0.3 is 0 Å². The van der Waals surface area contributed by atoms with Gasteiger partial charge in [-0.25, -0.2) is 0 Å². The van der Waals surface area contributed by atoms with Gasteiger partial charge in [0.25, 0.3) is 5.89 Å². The fraction of sp³-hybridized carbons (Fsp3) is 0.471. The lowest BCUT2D eigenvalue weighted by Crippen LogP contribution is -2.29. The molecule has 0 atom stereocenters. The van der Waals surface area contributed by atoms with Crippen molar-refractivity contribution < 1.29 is 9.32 Å². The molecule has 0 bridgehead atoms. The molecule has 2 aromatic rings. The van der Waals surface area contributed by atoms with E-state index in [2.05, 4.69) is 20.8 Å². The molecule has 0 saturated heterocycles. The molecule has 2 N–H and O–H groups in total. The highest BCUT2D eigenvalue weighted by atomic mass is 16.5. The molecule has 3 rings (SSSR count). The quantitative estimate of drug-likeness (QED) is 0.821. The van der Waals surface area contributed by atoms with Crippen molar-refractivity contribution in [3.63, 3.8) is 0 Å². The molecule has 122 valence electrons. The van der Waals surface area contributed by atoms with E-state index >= 15 is 0 Å². The molecule has 1 aliphatic carbocycles. The minimum Gasteiger partial charge on any atom is -0.334 e. The van der Waals surface area contributed by atoms with E-state index in [-0.39, 0.29) is 5.91 Å². The summed E-state index contributed by atoms with van der Waals surface area (Å²) in [6, 6.07) is 5.74. The van der Waals surface area contributed by atoms with Gasteiger partial charge in [-0.3, -0.25) is 4.79 Å². The molecule has 1 aromatic heterocycles. The number of amides is 1. The topological polar surface area (TPSA) is 80.0 Å². The summed E-state index contributed by atoms with van der Waals surface area (Å²) in [7, 11) is 0. The zero-order valence-corrected chi connectivity index (χ0v) is 13.6. The Morgan fingerprint density at radius 1 is 1.39 bits per heavy atom.